The molecule has 0 saturated carbocycles. The van der Waals surface area contributed by atoms with Crippen molar-refractivity contribution < 1.29 is 13.1 Å². The van der Waals surface area contributed by atoms with Crippen LogP contribution >= 0.6 is 0 Å². The van der Waals surface area contributed by atoms with Crippen LogP contribution in [0.3, 0.4) is 0 Å². The summed E-state index contributed by atoms with van der Waals surface area (Å²) in [6.07, 6.45) is 0. The molecule has 0 radical (unpaired) electrons. The van der Waals surface area contributed by atoms with E-state index in [0.717, 1.165) is 0 Å². The van der Waals surface area contributed by atoms with E-state index in [0.29, 0.717) is 0 Å². The van der Waals surface area contributed by atoms with Gasteiger partial charge in [0.25, 0.3) is 0 Å². The van der Waals surface area contributed by atoms with Gasteiger partial charge in [-0.3, -0.25) is 0 Å². The van der Waals surface area contributed by atoms with Crippen LogP contribution in [0, 0.1) is 0 Å². The molecular weight excluding hydrogens is 181 g/mol. The summed E-state index contributed by atoms with van der Waals surface area (Å²) >= 11 is 0. The standard InChI is InChI=1S/CH2O.Ba.H2O.2H/c1-2;;;;/h1H2;;1H2;;/q;+2;;2*-1. The quantitative estimate of drug-likeness (QED) is 0.441. The minimum Gasteiger partial charge on any atom is -1.00 e. The number of carbonyl (C=O) groups excluding carboxylic acids is 1. The third kappa shape index (κ3) is 10.7. The molecule has 2 N–H and O–H groups in total. The van der Waals surface area contributed by atoms with Crippen molar-refractivity contribution in [1.82, 2.24) is 0 Å². The Morgan fingerprint density at radius 3 is 1.50 bits per heavy atom. The zero-order chi connectivity index (χ0) is 2.00. The van der Waals surface area contributed by atoms with E-state index in [1.807, 2.05) is 6.79 Å². The van der Waals surface area contributed by atoms with Crippen molar-refractivity contribution in [3.05, 3.63) is 0 Å². The van der Waals surface area contributed by atoms with Crippen LogP contribution in [0.2, 0.25) is 0 Å². The van der Waals surface area contributed by atoms with Gasteiger partial charge in [-0.15, -0.1) is 0 Å². The molecule has 0 rings (SSSR count). The van der Waals surface area contributed by atoms with Crippen molar-refractivity contribution in [3.8, 4) is 0 Å². The zero-order valence-electron chi connectivity index (χ0n) is 4.32. The molecule has 24 valence electrons. The van der Waals surface area contributed by atoms with E-state index in [9.17, 15) is 0 Å². The molecule has 0 aromatic carbocycles. The Hall–Kier alpha value is 1.20. The van der Waals surface area contributed by atoms with Crippen LogP contribution in [0.5, 0.6) is 0 Å². The Labute approximate surface area is 67.9 Å². The summed E-state index contributed by atoms with van der Waals surface area (Å²) in [5.74, 6) is 0. The fourth-order valence-corrected chi connectivity index (χ4v) is 0. The average Bonchev–Trinajstić information content (AvgIpc) is 1.00. The van der Waals surface area contributed by atoms with E-state index in [2.05, 4.69) is 0 Å². The van der Waals surface area contributed by atoms with Crippen molar-refractivity contribution in [2.24, 2.45) is 0 Å². The Morgan fingerprint density at radius 1 is 1.50 bits per heavy atom. The molecule has 0 heterocycles. The number of hydrogen-bond acceptors (Lipinski definition) is 1. The maximum absolute atomic E-state index is 8.00. The Balaban J connectivity index is -0.000000000833. The summed E-state index contributed by atoms with van der Waals surface area (Å²) in [6.45, 7) is 2.00. The summed E-state index contributed by atoms with van der Waals surface area (Å²) in [5.41, 5.74) is 0. The Morgan fingerprint density at radius 2 is 1.50 bits per heavy atom. The van der Waals surface area contributed by atoms with E-state index >= 15 is 0 Å². The number of rotatable bonds is 0. The third-order valence-electron chi connectivity index (χ3n) is 0. The van der Waals surface area contributed by atoms with E-state index in [1.54, 1.807) is 0 Å². The van der Waals surface area contributed by atoms with Crippen LogP contribution in [-0.2, 0) is 4.79 Å². The minimum absolute atomic E-state index is 0. The molecule has 0 fully saturated rings. The minimum atomic E-state index is 0. The molecule has 0 atom stereocenters. The van der Waals surface area contributed by atoms with E-state index in [4.69, 9.17) is 4.79 Å². The van der Waals surface area contributed by atoms with Crippen molar-refractivity contribution in [3.63, 3.8) is 0 Å². The zero-order valence-corrected chi connectivity index (χ0v) is 6.76. The fraction of sp³-hybridized carbons (Fsp3) is 0. The molecule has 3 heteroatoms. The Kier molecular flexibility index (Phi) is 141. The van der Waals surface area contributed by atoms with Crippen LogP contribution in [0.15, 0.2) is 0 Å². The monoisotopic (exact) mass is 188 g/mol. The smallest absolute Gasteiger partial charge is 1.00 e. The summed E-state index contributed by atoms with van der Waals surface area (Å²) in [6, 6.07) is 0. The van der Waals surface area contributed by atoms with Crippen molar-refractivity contribution >= 4 is 55.7 Å². The van der Waals surface area contributed by atoms with Gasteiger partial charge in [0.1, 0.15) is 6.79 Å². The van der Waals surface area contributed by atoms with Crippen molar-refractivity contribution in [1.29, 1.82) is 0 Å². The van der Waals surface area contributed by atoms with Crippen LogP contribution in [-0.4, -0.2) is 61.1 Å². The van der Waals surface area contributed by atoms with Crippen LogP contribution < -0.4 is 0 Å². The summed E-state index contributed by atoms with van der Waals surface area (Å²) < 4.78 is 0. The first-order valence-electron chi connectivity index (χ1n) is 0.289. The molecule has 0 spiro atoms. The van der Waals surface area contributed by atoms with Gasteiger partial charge in [-0.25, -0.2) is 0 Å². The SMILES string of the molecule is C=O.O.[Ba+2].[H-].[H-]. The second-order valence-corrected chi connectivity index (χ2v) is 0. The predicted molar refractivity (Wildman–Crippen MR) is 18.7 cm³/mol. The van der Waals surface area contributed by atoms with Gasteiger partial charge in [-0.1, -0.05) is 0 Å². The maximum Gasteiger partial charge on any atom is 2.00 e. The van der Waals surface area contributed by atoms with Crippen LogP contribution in [0.1, 0.15) is 2.85 Å². The fourth-order valence-electron chi connectivity index (χ4n) is 0. The van der Waals surface area contributed by atoms with E-state index in [1.165, 1.54) is 0 Å². The van der Waals surface area contributed by atoms with Crippen LogP contribution in [0.4, 0.5) is 0 Å². The first kappa shape index (κ1) is 18.9. The largest absolute Gasteiger partial charge is 2.00 e. The van der Waals surface area contributed by atoms with Gasteiger partial charge in [0.2, 0.25) is 0 Å². The Bertz CT molecular complexity index is 11.5. The molecule has 2 nitrogen and oxygen atoms in total. The maximum atomic E-state index is 8.00. The van der Waals surface area contributed by atoms with E-state index in [-0.39, 0.29) is 57.2 Å². The first-order valence-corrected chi connectivity index (χ1v) is 0.289. The summed E-state index contributed by atoms with van der Waals surface area (Å²) in [4.78, 5) is 8.00. The van der Waals surface area contributed by atoms with Gasteiger partial charge < -0.3 is 13.1 Å². The first-order chi connectivity index (χ1) is 1.00. The van der Waals surface area contributed by atoms with Crippen LogP contribution in [0.25, 0.3) is 0 Å². The molecule has 0 bridgehead atoms. The molecule has 0 aromatic rings. The van der Waals surface area contributed by atoms with Crippen molar-refractivity contribution in [2.45, 2.75) is 0 Å². The molecule has 0 aromatic heterocycles. The van der Waals surface area contributed by atoms with Crippen molar-refractivity contribution in [2.75, 3.05) is 0 Å². The second-order valence-electron chi connectivity index (χ2n) is 0. The molecule has 0 aliphatic carbocycles. The van der Waals surface area contributed by atoms with Gasteiger partial charge in [0.15, 0.2) is 0 Å². The molecule has 0 amide bonds. The van der Waals surface area contributed by atoms with Gasteiger partial charge >= 0.3 is 48.9 Å². The molecular formula is CH6BaO2. The van der Waals surface area contributed by atoms with Gasteiger partial charge in [-0.2, -0.15) is 0 Å². The molecule has 0 saturated heterocycles. The normalized spacial score (nSPS) is 1.00. The average molecular weight is 187 g/mol. The molecule has 0 aliphatic rings. The van der Waals surface area contributed by atoms with Gasteiger partial charge in [0, 0.05) is 0 Å². The van der Waals surface area contributed by atoms with Gasteiger partial charge in [-0.05, 0) is 0 Å². The molecule has 0 aliphatic heterocycles. The summed E-state index contributed by atoms with van der Waals surface area (Å²) in [5, 5.41) is 0. The topological polar surface area (TPSA) is 48.6 Å². The predicted octanol–water partition coefficient (Wildman–Crippen LogP) is -1.17. The molecule has 0 unspecified atom stereocenters. The molecule has 4 heavy (non-hydrogen) atoms. The second kappa shape index (κ2) is 29.8. The van der Waals surface area contributed by atoms with E-state index < -0.39 is 0 Å². The van der Waals surface area contributed by atoms with Gasteiger partial charge in [0.05, 0.1) is 0 Å². The number of hydrogen-bond donors (Lipinski definition) is 0. The summed E-state index contributed by atoms with van der Waals surface area (Å²) in [7, 11) is 0. The number of carbonyl (C=O) groups is 1. The third-order valence-corrected chi connectivity index (χ3v) is 0.